The Kier molecular flexibility index (Phi) is 5.90. The summed E-state index contributed by atoms with van der Waals surface area (Å²) in [5, 5.41) is 9.37. The number of rotatable bonds is 5. The molecule has 1 amide bonds. The van der Waals surface area contributed by atoms with Gasteiger partial charge in [-0.1, -0.05) is 36.4 Å². The molecule has 6 nitrogen and oxygen atoms in total. The van der Waals surface area contributed by atoms with E-state index in [0.29, 0.717) is 5.11 Å². The number of anilines is 2. The average molecular weight is 504 g/mol. The molecule has 2 aromatic heterocycles. The molecule has 6 rings (SSSR count). The summed E-state index contributed by atoms with van der Waals surface area (Å²) in [4.78, 5) is 18.3. The van der Waals surface area contributed by atoms with E-state index in [4.69, 9.17) is 12.2 Å². The van der Waals surface area contributed by atoms with Crippen LogP contribution in [0.5, 0.6) is 0 Å². The van der Waals surface area contributed by atoms with Crippen molar-refractivity contribution in [1.29, 1.82) is 0 Å². The van der Waals surface area contributed by atoms with Crippen LogP contribution < -0.4 is 15.5 Å². The molecule has 182 valence electrons. The highest BCUT2D eigenvalue weighted by molar-refractivity contribution is 7.80. The van der Waals surface area contributed by atoms with E-state index < -0.39 is 0 Å². The molecular weight excluding hydrogens is 478 g/mol. The molecule has 1 aliphatic rings. The maximum Gasteiger partial charge on any atom is 0.221 e. The highest BCUT2D eigenvalue weighted by Gasteiger charge is 2.42. The molecule has 5 aromatic rings. The molecule has 37 heavy (non-hydrogen) atoms. The van der Waals surface area contributed by atoms with Gasteiger partial charge in [-0.3, -0.25) is 9.78 Å². The lowest BCUT2D eigenvalue weighted by Gasteiger charge is -2.29. The molecule has 0 unspecified atom stereocenters. The number of carbonyl (C=O) groups is 1. The highest BCUT2D eigenvalue weighted by Crippen LogP contribution is 2.42. The summed E-state index contributed by atoms with van der Waals surface area (Å²) in [6, 6.07) is 32.5. The van der Waals surface area contributed by atoms with E-state index in [2.05, 4.69) is 85.9 Å². The van der Waals surface area contributed by atoms with Gasteiger partial charge in [0.1, 0.15) is 6.04 Å². The molecule has 2 atom stereocenters. The fraction of sp³-hybridized carbons (Fsp3) is 0.100. The number of benzene rings is 3. The van der Waals surface area contributed by atoms with E-state index in [9.17, 15) is 4.79 Å². The van der Waals surface area contributed by atoms with Gasteiger partial charge in [0.2, 0.25) is 5.91 Å². The van der Waals surface area contributed by atoms with Crippen LogP contribution in [0.2, 0.25) is 0 Å². The minimum absolute atomic E-state index is 0.104. The SMILES string of the molecule is CC(=O)Nc1ccc(N2C(=S)N[C@H](c3ccccn3)[C@H]2c2cccn2-c2ccc3ccccc3c2)cc1. The maximum absolute atomic E-state index is 11.5. The normalized spacial score (nSPS) is 17.1. The molecule has 0 radical (unpaired) electrons. The van der Waals surface area contributed by atoms with Crippen molar-refractivity contribution in [2.75, 3.05) is 10.2 Å². The van der Waals surface area contributed by atoms with Crippen LogP contribution in [0.3, 0.4) is 0 Å². The first kappa shape index (κ1) is 22.9. The molecule has 1 saturated heterocycles. The predicted molar refractivity (Wildman–Crippen MR) is 152 cm³/mol. The standard InChI is InChI=1S/C30H25N5OS/c1-20(36)32-23-12-15-24(16-13-23)35-29(28(33-30(35)37)26-9-4-5-17-31-26)27-10-6-18-34(27)25-14-11-21-7-2-3-8-22(21)19-25/h2-19,28-29H,1H3,(H,32,36)(H,33,37)/t28-,29-/m1/s1. The van der Waals surface area contributed by atoms with Gasteiger partial charge < -0.3 is 20.1 Å². The molecular formula is C30H25N5OS. The summed E-state index contributed by atoms with van der Waals surface area (Å²) in [6.07, 6.45) is 3.90. The van der Waals surface area contributed by atoms with Crippen molar-refractivity contribution < 1.29 is 4.79 Å². The third kappa shape index (κ3) is 4.34. The lowest BCUT2D eigenvalue weighted by atomic mass is 10.0. The lowest BCUT2D eigenvalue weighted by Crippen LogP contribution is -2.30. The second-order valence-electron chi connectivity index (χ2n) is 9.06. The van der Waals surface area contributed by atoms with E-state index in [0.717, 1.165) is 28.5 Å². The van der Waals surface area contributed by atoms with E-state index in [1.54, 1.807) is 0 Å². The minimum atomic E-state index is -0.157. The Morgan fingerprint density at radius 2 is 1.65 bits per heavy atom. The number of thiocarbonyl (C=S) groups is 1. The van der Waals surface area contributed by atoms with Crippen LogP contribution in [-0.4, -0.2) is 20.6 Å². The smallest absolute Gasteiger partial charge is 0.221 e. The first-order valence-corrected chi connectivity index (χ1v) is 12.5. The molecule has 2 N–H and O–H groups in total. The molecule has 0 aliphatic carbocycles. The van der Waals surface area contributed by atoms with Gasteiger partial charge >= 0.3 is 0 Å². The first-order chi connectivity index (χ1) is 18.1. The number of aromatic nitrogens is 2. The third-order valence-corrected chi connectivity index (χ3v) is 6.97. The van der Waals surface area contributed by atoms with Crippen LogP contribution in [0.15, 0.2) is 109 Å². The largest absolute Gasteiger partial charge is 0.351 e. The Balaban J connectivity index is 1.47. The van der Waals surface area contributed by atoms with Gasteiger partial charge in [-0.25, -0.2) is 0 Å². The van der Waals surface area contributed by atoms with Crippen LogP contribution >= 0.6 is 12.2 Å². The third-order valence-electron chi connectivity index (χ3n) is 6.66. The number of carbonyl (C=O) groups excluding carboxylic acids is 1. The van der Waals surface area contributed by atoms with Crippen LogP contribution in [-0.2, 0) is 4.79 Å². The predicted octanol–water partition coefficient (Wildman–Crippen LogP) is 6.16. The molecule has 3 aromatic carbocycles. The van der Waals surface area contributed by atoms with Crippen molar-refractivity contribution in [3.05, 3.63) is 121 Å². The zero-order valence-electron chi connectivity index (χ0n) is 20.2. The lowest BCUT2D eigenvalue weighted by molar-refractivity contribution is -0.114. The fourth-order valence-electron chi connectivity index (χ4n) is 5.04. The molecule has 1 aliphatic heterocycles. The van der Waals surface area contributed by atoms with Crippen LogP contribution in [0.1, 0.15) is 30.4 Å². The molecule has 0 spiro atoms. The Morgan fingerprint density at radius 1 is 0.892 bits per heavy atom. The van der Waals surface area contributed by atoms with E-state index in [1.807, 2.05) is 48.7 Å². The first-order valence-electron chi connectivity index (χ1n) is 12.1. The van der Waals surface area contributed by atoms with Crippen LogP contribution in [0, 0.1) is 0 Å². The number of hydrogen-bond donors (Lipinski definition) is 2. The zero-order valence-corrected chi connectivity index (χ0v) is 21.0. The van der Waals surface area contributed by atoms with E-state index in [1.165, 1.54) is 17.7 Å². The number of nitrogens with zero attached hydrogens (tertiary/aromatic N) is 3. The van der Waals surface area contributed by atoms with Crippen molar-refractivity contribution in [2.45, 2.75) is 19.0 Å². The van der Waals surface area contributed by atoms with Crippen molar-refractivity contribution in [1.82, 2.24) is 14.9 Å². The van der Waals surface area contributed by atoms with Gasteiger partial charge in [-0.15, -0.1) is 0 Å². The van der Waals surface area contributed by atoms with Gasteiger partial charge in [-0.05, 0) is 83.7 Å². The van der Waals surface area contributed by atoms with Crippen molar-refractivity contribution in [3.63, 3.8) is 0 Å². The van der Waals surface area contributed by atoms with Crippen molar-refractivity contribution in [3.8, 4) is 5.69 Å². The number of pyridine rings is 1. The average Bonchev–Trinajstić information content (AvgIpc) is 3.53. The molecule has 1 fully saturated rings. The number of fused-ring (bicyclic) bond motifs is 1. The molecule has 7 heteroatoms. The zero-order chi connectivity index (χ0) is 25.4. The van der Waals surface area contributed by atoms with E-state index >= 15 is 0 Å². The molecule has 0 bridgehead atoms. The van der Waals surface area contributed by atoms with Crippen LogP contribution in [0.4, 0.5) is 11.4 Å². The topological polar surface area (TPSA) is 62.2 Å². The van der Waals surface area contributed by atoms with Crippen molar-refractivity contribution >= 4 is 45.4 Å². The summed E-state index contributed by atoms with van der Waals surface area (Å²) in [5.41, 5.74) is 4.76. The summed E-state index contributed by atoms with van der Waals surface area (Å²) in [7, 11) is 0. The van der Waals surface area contributed by atoms with Gasteiger partial charge in [-0.2, -0.15) is 0 Å². The maximum atomic E-state index is 11.5. The Hall–Kier alpha value is -4.49. The number of amides is 1. The summed E-state index contributed by atoms with van der Waals surface area (Å²) < 4.78 is 2.22. The second kappa shape index (κ2) is 9.52. The summed E-state index contributed by atoms with van der Waals surface area (Å²) in [6.45, 7) is 1.50. The fourth-order valence-corrected chi connectivity index (χ4v) is 5.38. The second-order valence-corrected chi connectivity index (χ2v) is 9.45. The Labute approximate surface area is 220 Å². The Morgan fingerprint density at radius 3 is 2.41 bits per heavy atom. The minimum Gasteiger partial charge on any atom is -0.351 e. The van der Waals surface area contributed by atoms with Gasteiger partial charge in [0.05, 0.1) is 11.7 Å². The number of hydrogen-bond acceptors (Lipinski definition) is 3. The summed E-state index contributed by atoms with van der Waals surface area (Å²) in [5.74, 6) is -0.104. The molecule has 3 heterocycles. The number of nitrogens with one attached hydrogen (secondary N) is 2. The molecule has 0 saturated carbocycles. The van der Waals surface area contributed by atoms with E-state index in [-0.39, 0.29) is 18.0 Å². The summed E-state index contributed by atoms with van der Waals surface area (Å²) >= 11 is 5.88. The Bertz CT molecular complexity index is 1600. The monoisotopic (exact) mass is 503 g/mol. The highest BCUT2D eigenvalue weighted by atomic mass is 32.1. The van der Waals surface area contributed by atoms with Gasteiger partial charge in [0, 0.05) is 42.1 Å². The van der Waals surface area contributed by atoms with Gasteiger partial charge in [0.15, 0.2) is 5.11 Å². The van der Waals surface area contributed by atoms with Crippen LogP contribution in [0.25, 0.3) is 16.5 Å². The van der Waals surface area contributed by atoms with Gasteiger partial charge in [0.25, 0.3) is 0 Å². The van der Waals surface area contributed by atoms with Crippen molar-refractivity contribution in [2.24, 2.45) is 0 Å². The quantitative estimate of drug-likeness (QED) is 0.281.